The van der Waals surface area contributed by atoms with E-state index in [4.69, 9.17) is 5.73 Å². The van der Waals surface area contributed by atoms with E-state index in [1.807, 2.05) is 18.2 Å². The molecule has 1 atom stereocenters. The van der Waals surface area contributed by atoms with Gasteiger partial charge < -0.3 is 15.7 Å². The summed E-state index contributed by atoms with van der Waals surface area (Å²) in [6.45, 7) is -0.0595. The fourth-order valence-electron chi connectivity index (χ4n) is 1.10. The molecule has 1 unspecified atom stereocenters. The molecule has 1 aromatic rings. The van der Waals surface area contributed by atoms with Crippen LogP contribution in [-0.4, -0.2) is 30.7 Å². The molecule has 0 radical (unpaired) electrons. The molecule has 0 aliphatic carbocycles. The molecule has 0 fully saturated rings. The molecule has 0 bridgehead atoms. The Bertz CT molecular complexity index is 300. The van der Waals surface area contributed by atoms with Crippen molar-refractivity contribution in [2.75, 3.05) is 18.5 Å². The van der Waals surface area contributed by atoms with Crippen molar-refractivity contribution in [2.45, 2.75) is 6.10 Å². The van der Waals surface area contributed by atoms with E-state index in [1.165, 1.54) is 4.90 Å². The first-order valence-electron chi connectivity index (χ1n) is 4.37. The van der Waals surface area contributed by atoms with E-state index >= 15 is 0 Å². The normalized spacial score (nSPS) is 12.2. The zero-order valence-electron chi connectivity index (χ0n) is 8.05. The molecular weight excluding hydrogens is 180 g/mol. The molecule has 4 heteroatoms. The molecule has 76 valence electrons. The number of aliphatic hydroxyl groups is 1. The molecule has 14 heavy (non-hydrogen) atoms. The summed E-state index contributed by atoms with van der Waals surface area (Å²) in [5, 5.41) is 9.24. The zero-order chi connectivity index (χ0) is 10.6. The number of nitrogens with two attached hydrogens (primary N) is 1. The van der Waals surface area contributed by atoms with Crippen LogP contribution in [0.4, 0.5) is 5.69 Å². The quantitative estimate of drug-likeness (QED) is 0.710. The standard InChI is InChI=1S/C10H14N2O2/c1-12(10(14)9(13)7-11)8-5-3-2-4-6-8/h2-6,9,13H,7,11H2,1H3. The third-order valence-electron chi connectivity index (χ3n) is 1.98. The largest absolute Gasteiger partial charge is 0.382 e. The second kappa shape index (κ2) is 4.74. The van der Waals surface area contributed by atoms with Crippen molar-refractivity contribution in [1.82, 2.24) is 0 Å². The van der Waals surface area contributed by atoms with Gasteiger partial charge in [0.05, 0.1) is 0 Å². The highest BCUT2D eigenvalue weighted by atomic mass is 16.3. The number of carbonyl (C=O) groups excluding carboxylic acids is 1. The summed E-state index contributed by atoms with van der Waals surface area (Å²) in [7, 11) is 1.61. The second-order valence-corrected chi connectivity index (χ2v) is 2.98. The van der Waals surface area contributed by atoms with Gasteiger partial charge in [-0.3, -0.25) is 4.79 Å². The van der Waals surface area contributed by atoms with Gasteiger partial charge in [-0.2, -0.15) is 0 Å². The van der Waals surface area contributed by atoms with Crippen LogP contribution in [0.25, 0.3) is 0 Å². The first-order chi connectivity index (χ1) is 6.66. The van der Waals surface area contributed by atoms with Gasteiger partial charge in [0.25, 0.3) is 5.91 Å². The Hall–Kier alpha value is -1.39. The number of aliphatic hydroxyl groups excluding tert-OH is 1. The van der Waals surface area contributed by atoms with Gasteiger partial charge >= 0.3 is 0 Å². The summed E-state index contributed by atoms with van der Waals surface area (Å²) < 4.78 is 0. The Kier molecular flexibility index (Phi) is 3.62. The van der Waals surface area contributed by atoms with Gasteiger partial charge in [0, 0.05) is 19.3 Å². The molecule has 1 amide bonds. The molecule has 3 N–H and O–H groups in total. The average molecular weight is 194 g/mol. The van der Waals surface area contributed by atoms with Crippen LogP contribution >= 0.6 is 0 Å². The number of hydrogen-bond donors (Lipinski definition) is 2. The zero-order valence-corrected chi connectivity index (χ0v) is 8.05. The second-order valence-electron chi connectivity index (χ2n) is 2.98. The minimum absolute atomic E-state index is 0.0595. The average Bonchev–Trinajstić information content (AvgIpc) is 2.27. The smallest absolute Gasteiger partial charge is 0.256 e. The van der Waals surface area contributed by atoms with Gasteiger partial charge in [0.1, 0.15) is 6.10 Å². The number of benzene rings is 1. The van der Waals surface area contributed by atoms with Crippen molar-refractivity contribution in [3.63, 3.8) is 0 Å². The lowest BCUT2D eigenvalue weighted by atomic mass is 10.2. The van der Waals surface area contributed by atoms with Gasteiger partial charge in [-0.25, -0.2) is 0 Å². The highest BCUT2D eigenvalue weighted by molar-refractivity contribution is 5.95. The third kappa shape index (κ3) is 2.31. The minimum Gasteiger partial charge on any atom is -0.382 e. The number of nitrogens with zero attached hydrogens (tertiary/aromatic N) is 1. The number of hydrogen-bond acceptors (Lipinski definition) is 3. The number of rotatable bonds is 3. The van der Waals surface area contributed by atoms with Crippen LogP contribution in [-0.2, 0) is 4.79 Å². The van der Waals surface area contributed by atoms with E-state index in [9.17, 15) is 9.90 Å². The van der Waals surface area contributed by atoms with E-state index in [1.54, 1.807) is 19.2 Å². The molecule has 0 heterocycles. The van der Waals surface area contributed by atoms with Crippen molar-refractivity contribution in [3.05, 3.63) is 30.3 Å². The van der Waals surface area contributed by atoms with Crippen LogP contribution in [0.15, 0.2) is 30.3 Å². The van der Waals surface area contributed by atoms with Gasteiger partial charge in [0.15, 0.2) is 0 Å². The Labute approximate surface area is 82.9 Å². The first-order valence-corrected chi connectivity index (χ1v) is 4.37. The Morgan fingerprint density at radius 1 is 1.50 bits per heavy atom. The lowest BCUT2D eigenvalue weighted by Crippen LogP contribution is -2.40. The summed E-state index contributed by atoms with van der Waals surface area (Å²) in [4.78, 5) is 12.9. The summed E-state index contributed by atoms with van der Waals surface area (Å²) in [5.74, 6) is -0.390. The van der Waals surface area contributed by atoms with Crippen molar-refractivity contribution >= 4 is 11.6 Å². The molecule has 0 saturated heterocycles. The lowest BCUT2D eigenvalue weighted by molar-refractivity contribution is -0.125. The van der Waals surface area contributed by atoms with Crippen molar-refractivity contribution in [2.24, 2.45) is 5.73 Å². The van der Waals surface area contributed by atoms with Crippen LogP contribution in [0, 0.1) is 0 Å². The third-order valence-corrected chi connectivity index (χ3v) is 1.98. The summed E-state index contributed by atoms with van der Waals surface area (Å²) in [6, 6.07) is 9.10. The fraction of sp³-hybridized carbons (Fsp3) is 0.300. The van der Waals surface area contributed by atoms with Crippen molar-refractivity contribution in [1.29, 1.82) is 0 Å². The minimum atomic E-state index is -1.12. The lowest BCUT2D eigenvalue weighted by Gasteiger charge is -2.19. The molecular formula is C10H14N2O2. The monoisotopic (exact) mass is 194 g/mol. The predicted octanol–water partition coefficient (Wildman–Crippen LogP) is -0.0310. The van der Waals surface area contributed by atoms with E-state index in [0.29, 0.717) is 0 Å². The van der Waals surface area contributed by atoms with Crippen LogP contribution in [0.2, 0.25) is 0 Å². The van der Waals surface area contributed by atoms with E-state index in [-0.39, 0.29) is 6.54 Å². The molecule has 0 aromatic heterocycles. The number of carbonyl (C=O) groups is 1. The van der Waals surface area contributed by atoms with Crippen molar-refractivity contribution in [3.8, 4) is 0 Å². The molecule has 0 aliphatic rings. The Morgan fingerprint density at radius 2 is 2.07 bits per heavy atom. The van der Waals surface area contributed by atoms with Gasteiger partial charge in [-0.05, 0) is 12.1 Å². The molecule has 0 aliphatic heterocycles. The van der Waals surface area contributed by atoms with Gasteiger partial charge in [-0.15, -0.1) is 0 Å². The maximum atomic E-state index is 11.5. The highest BCUT2D eigenvalue weighted by Gasteiger charge is 2.18. The molecule has 1 aromatic carbocycles. The van der Waals surface area contributed by atoms with E-state index in [0.717, 1.165) is 5.69 Å². The SMILES string of the molecule is CN(C(=O)C(O)CN)c1ccccc1. The highest BCUT2D eigenvalue weighted by Crippen LogP contribution is 2.11. The van der Waals surface area contributed by atoms with Crippen LogP contribution < -0.4 is 10.6 Å². The predicted molar refractivity (Wildman–Crippen MR) is 54.9 cm³/mol. The van der Waals surface area contributed by atoms with Crippen LogP contribution in [0.5, 0.6) is 0 Å². The van der Waals surface area contributed by atoms with Crippen molar-refractivity contribution < 1.29 is 9.90 Å². The van der Waals surface area contributed by atoms with E-state index < -0.39 is 12.0 Å². The summed E-state index contributed by atoms with van der Waals surface area (Å²) in [5.41, 5.74) is 5.93. The Balaban J connectivity index is 2.76. The maximum Gasteiger partial charge on any atom is 0.256 e. The Morgan fingerprint density at radius 3 is 2.57 bits per heavy atom. The first kappa shape index (κ1) is 10.7. The van der Waals surface area contributed by atoms with Gasteiger partial charge in [-0.1, -0.05) is 18.2 Å². The summed E-state index contributed by atoms with van der Waals surface area (Å²) >= 11 is 0. The number of anilines is 1. The molecule has 0 saturated carbocycles. The maximum absolute atomic E-state index is 11.5. The molecule has 0 spiro atoms. The molecule has 4 nitrogen and oxygen atoms in total. The number of para-hydroxylation sites is 1. The number of amides is 1. The van der Waals surface area contributed by atoms with Crippen LogP contribution in [0.1, 0.15) is 0 Å². The molecule has 1 rings (SSSR count). The number of likely N-dealkylation sites (N-methyl/N-ethyl adjacent to an activating group) is 1. The van der Waals surface area contributed by atoms with Crippen LogP contribution in [0.3, 0.4) is 0 Å². The van der Waals surface area contributed by atoms with E-state index in [2.05, 4.69) is 0 Å². The van der Waals surface area contributed by atoms with Gasteiger partial charge in [0.2, 0.25) is 0 Å². The topological polar surface area (TPSA) is 66.6 Å². The fourth-order valence-corrected chi connectivity index (χ4v) is 1.10. The summed E-state index contributed by atoms with van der Waals surface area (Å²) in [6.07, 6.45) is -1.12.